The molecule has 6 heteroatoms. The normalized spacial score (nSPS) is 18.6. The van der Waals surface area contributed by atoms with Crippen LogP contribution in [-0.4, -0.2) is 22.7 Å². The summed E-state index contributed by atoms with van der Waals surface area (Å²) in [6.45, 7) is 3.92. The third-order valence-corrected chi connectivity index (χ3v) is 3.00. The fourth-order valence-electron chi connectivity index (χ4n) is 1.97. The van der Waals surface area contributed by atoms with E-state index in [4.69, 9.17) is 17.0 Å². The first-order chi connectivity index (χ1) is 9.13. The number of esters is 1. The van der Waals surface area contributed by atoms with Gasteiger partial charge in [0.2, 0.25) is 0 Å². The quantitative estimate of drug-likeness (QED) is 0.644. The second-order valence-corrected chi connectivity index (χ2v) is 4.49. The number of carbonyl (C=O) groups is 1. The number of carbonyl (C=O) groups excluding carboxylic acids is 1. The molecule has 1 atom stereocenters. The average molecular weight is 277 g/mol. The van der Waals surface area contributed by atoms with Crippen molar-refractivity contribution < 1.29 is 9.53 Å². The van der Waals surface area contributed by atoms with Crippen LogP contribution < -0.4 is 10.6 Å². The van der Waals surface area contributed by atoms with Gasteiger partial charge in [-0.1, -0.05) is 6.07 Å². The van der Waals surface area contributed by atoms with Gasteiger partial charge in [-0.25, -0.2) is 4.79 Å². The van der Waals surface area contributed by atoms with Gasteiger partial charge < -0.3 is 15.4 Å². The van der Waals surface area contributed by atoms with Crippen molar-refractivity contribution in [1.29, 1.82) is 0 Å². The van der Waals surface area contributed by atoms with E-state index in [0.717, 1.165) is 5.56 Å². The zero-order chi connectivity index (χ0) is 13.8. The van der Waals surface area contributed by atoms with Crippen LogP contribution in [0.5, 0.6) is 0 Å². The Morgan fingerprint density at radius 2 is 2.37 bits per heavy atom. The van der Waals surface area contributed by atoms with E-state index in [0.29, 0.717) is 23.0 Å². The van der Waals surface area contributed by atoms with Gasteiger partial charge in [0.25, 0.3) is 0 Å². The summed E-state index contributed by atoms with van der Waals surface area (Å²) >= 11 is 5.14. The van der Waals surface area contributed by atoms with Crippen molar-refractivity contribution in [2.45, 2.75) is 19.9 Å². The Labute approximate surface area is 117 Å². The second-order valence-electron chi connectivity index (χ2n) is 4.08. The third kappa shape index (κ3) is 2.90. The Balaban J connectivity index is 2.41. The molecule has 0 saturated carbocycles. The van der Waals surface area contributed by atoms with Gasteiger partial charge in [-0.05, 0) is 37.7 Å². The number of ether oxygens (including phenoxy) is 1. The van der Waals surface area contributed by atoms with Crippen LogP contribution in [0.3, 0.4) is 0 Å². The van der Waals surface area contributed by atoms with E-state index in [1.54, 1.807) is 19.3 Å². The van der Waals surface area contributed by atoms with Crippen molar-refractivity contribution in [3.63, 3.8) is 0 Å². The van der Waals surface area contributed by atoms with Crippen LogP contribution in [0.1, 0.15) is 25.5 Å². The molecule has 0 saturated heterocycles. The van der Waals surface area contributed by atoms with Crippen molar-refractivity contribution >= 4 is 23.3 Å². The van der Waals surface area contributed by atoms with E-state index in [1.165, 1.54) is 0 Å². The molecule has 0 aliphatic carbocycles. The highest BCUT2D eigenvalue weighted by atomic mass is 32.1. The molecule has 2 N–H and O–H groups in total. The van der Waals surface area contributed by atoms with Gasteiger partial charge in [-0.15, -0.1) is 0 Å². The van der Waals surface area contributed by atoms with Gasteiger partial charge in [-0.2, -0.15) is 0 Å². The zero-order valence-electron chi connectivity index (χ0n) is 10.8. The monoisotopic (exact) mass is 277 g/mol. The summed E-state index contributed by atoms with van der Waals surface area (Å²) in [6.07, 6.45) is 3.39. The van der Waals surface area contributed by atoms with E-state index < -0.39 is 0 Å². The molecule has 0 spiro atoms. The van der Waals surface area contributed by atoms with Gasteiger partial charge in [0.05, 0.1) is 18.2 Å². The largest absolute Gasteiger partial charge is 0.463 e. The Hall–Kier alpha value is -1.95. The minimum Gasteiger partial charge on any atom is -0.463 e. The maximum absolute atomic E-state index is 12.1. The Morgan fingerprint density at radius 1 is 1.58 bits per heavy atom. The smallest absolute Gasteiger partial charge is 0.338 e. The van der Waals surface area contributed by atoms with Gasteiger partial charge in [0.15, 0.2) is 5.11 Å². The molecular weight excluding hydrogens is 262 g/mol. The van der Waals surface area contributed by atoms with Gasteiger partial charge >= 0.3 is 5.97 Å². The maximum Gasteiger partial charge on any atom is 0.338 e. The molecule has 1 aromatic rings. The highest BCUT2D eigenvalue weighted by Gasteiger charge is 2.30. The number of hydrogen-bond donors (Lipinski definition) is 2. The predicted molar refractivity (Wildman–Crippen MR) is 75.2 cm³/mol. The highest BCUT2D eigenvalue weighted by Crippen LogP contribution is 2.26. The average Bonchev–Trinajstić information content (AvgIpc) is 2.39. The molecule has 0 radical (unpaired) electrons. The molecule has 5 nitrogen and oxygen atoms in total. The Morgan fingerprint density at radius 3 is 3.00 bits per heavy atom. The summed E-state index contributed by atoms with van der Waals surface area (Å²) in [4.78, 5) is 16.1. The number of allylic oxidation sites excluding steroid dienone is 1. The third-order valence-electron chi connectivity index (χ3n) is 2.78. The Kier molecular flexibility index (Phi) is 4.11. The maximum atomic E-state index is 12.1. The van der Waals surface area contributed by atoms with Gasteiger partial charge in [0.1, 0.15) is 0 Å². The first kappa shape index (κ1) is 13.5. The molecule has 0 fully saturated rings. The lowest BCUT2D eigenvalue weighted by Gasteiger charge is -2.29. The van der Waals surface area contributed by atoms with Crippen LogP contribution in [0.4, 0.5) is 0 Å². The summed E-state index contributed by atoms with van der Waals surface area (Å²) in [5, 5.41) is 6.51. The summed E-state index contributed by atoms with van der Waals surface area (Å²) in [5.41, 5.74) is 2.10. The predicted octanol–water partition coefficient (Wildman–Crippen LogP) is 1.44. The first-order valence-electron chi connectivity index (χ1n) is 5.98. The van der Waals surface area contributed by atoms with Crippen LogP contribution in [0, 0.1) is 0 Å². The number of pyridine rings is 1. The number of nitrogens with zero attached hydrogens (tertiary/aromatic N) is 1. The molecular formula is C13H15N3O2S. The molecule has 1 aromatic heterocycles. The summed E-state index contributed by atoms with van der Waals surface area (Å²) in [7, 11) is 0. The van der Waals surface area contributed by atoms with Crippen molar-refractivity contribution in [3.05, 3.63) is 41.4 Å². The molecule has 19 heavy (non-hydrogen) atoms. The van der Waals surface area contributed by atoms with Crippen LogP contribution in [-0.2, 0) is 9.53 Å². The molecule has 2 rings (SSSR count). The summed E-state index contributed by atoms with van der Waals surface area (Å²) < 4.78 is 5.10. The van der Waals surface area contributed by atoms with E-state index >= 15 is 0 Å². The summed E-state index contributed by atoms with van der Waals surface area (Å²) in [5.74, 6) is -0.351. The van der Waals surface area contributed by atoms with Crippen LogP contribution in [0.2, 0.25) is 0 Å². The van der Waals surface area contributed by atoms with Gasteiger partial charge in [0, 0.05) is 18.1 Å². The zero-order valence-corrected chi connectivity index (χ0v) is 11.6. The highest BCUT2D eigenvalue weighted by molar-refractivity contribution is 7.80. The lowest BCUT2D eigenvalue weighted by molar-refractivity contribution is -0.139. The molecule has 1 aliphatic rings. The Bertz CT molecular complexity index is 528. The molecule has 0 unspecified atom stereocenters. The molecule has 0 bridgehead atoms. The second kappa shape index (κ2) is 5.79. The fourth-order valence-corrected chi connectivity index (χ4v) is 2.24. The standard InChI is InChI=1S/C13H15N3O2S/c1-3-18-12(17)10-8(2)15-13(19)16-11(10)9-5-4-6-14-7-9/h4-7,11H,3H2,1-2H3,(H2,15,16,19)/t11-/m1/s1. The fraction of sp³-hybridized carbons (Fsp3) is 0.308. The van der Waals surface area contributed by atoms with Crippen molar-refractivity contribution in [3.8, 4) is 0 Å². The number of aromatic nitrogens is 1. The molecule has 0 aromatic carbocycles. The first-order valence-corrected chi connectivity index (χ1v) is 6.39. The van der Waals surface area contributed by atoms with Gasteiger partial charge in [-0.3, -0.25) is 4.98 Å². The minimum atomic E-state index is -0.351. The number of nitrogens with one attached hydrogen (secondary N) is 2. The lowest BCUT2D eigenvalue weighted by atomic mass is 9.97. The topological polar surface area (TPSA) is 63.2 Å². The lowest BCUT2D eigenvalue weighted by Crippen LogP contribution is -2.45. The minimum absolute atomic E-state index is 0.332. The molecule has 100 valence electrons. The van der Waals surface area contributed by atoms with E-state index in [-0.39, 0.29) is 12.0 Å². The summed E-state index contributed by atoms with van der Waals surface area (Å²) in [6, 6.07) is 3.38. The molecule has 0 amide bonds. The van der Waals surface area contributed by atoms with E-state index in [9.17, 15) is 4.79 Å². The van der Waals surface area contributed by atoms with Crippen molar-refractivity contribution in [1.82, 2.24) is 15.6 Å². The van der Waals surface area contributed by atoms with E-state index in [2.05, 4.69) is 15.6 Å². The van der Waals surface area contributed by atoms with Crippen LogP contribution in [0.15, 0.2) is 35.8 Å². The molecule has 1 aliphatic heterocycles. The number of rotatable bonds is 3. The number of hydrogen-bond acceptors (Lipinski definition) is 4. The SMILES string of the molecule is CCOC(=O)C1=C(C)NC(=S)N[C@@H]1c1cccnc1. The number of thiocarbonyl (C=S) groups is 1. The van der Waals surface area contributed by atoms with Crippen molar-refractivity contribution in [2.75, 3.05) is 6.61 Å². The molecule has 2 heterocycles. The van der Waals surface area contributed by atoms with Crippen LogP contribution >= 0.6 is 12.2 Å². The van der Waals surface area contributed by atoms with Crippen molar-refractivity contribution in [2.24, 2.45) is 0 Å². The van der Waals surface area contributed by atoms with E-state index in [1.807, 2.05) is 19.1 Å². The van der Waals surface area contributed by atoms with Crippen LogP contribution in [0.25, 0.3) is 0 Å².